The van der Waals surface area contributed by atoms with Crippen LogP contribution in [0.5, 0.6) is 11.5 Å². The van der Waals surface area contributed by atoms with Gasteiger partial charge in [-0.2, -0.15) is 4.31 Å². The lowest BCUT2D eigenvalue weighted by molar-refractivity contribution is -0.116. The number of nitrogens with one attached hydrogen (secondary N) is 1. The number of nitrogens with zero attached hydrogens (tertiary/aromatic N) is 1. The number of sulfonamides is 1. The third-order valence-electron chi connectivity index (χ3n) is 3.25. The second-order valence-electron chi connectivity index (χ2n) is 5.30. The van der Waals surface area contributed by atoms with E-state index in [9.17, 15) is 13.2 Å². The number of carbonyl (C=O) groups is 1. The third kappa shape index (κ3) is 5.74. The summed E-state index contributed by atoms with van der Waals surface area (Å²) in [5.41, 5.74) is 0.461. The van der Waals surface area contributed by atoms with Crippen molar-refractivity contribution in [3.05, 3.63) is 67.3 Å². The number of rotatable bonds is 8. The SMILES string of the molecule is C=CCN(CC(=O)Nc1ccccc1Oc1ccccc1)S(C)(=O)=O. The Labute approximate surface area is 147 Å². The first-order valence-electron chi connectivity index (χ1n) is 7.58. The van der Waals surface area contributed by atoms with Gasteiger partial charge in [-0.3, -0.25) is 4.79 Å². The van der Waals surface area contributed by atoms with Crippen LogP contribution in [-0.2, 0) is 14.8 Å². The van der Waals surface area contributed by atoms with Crippen LogP contribution in [-0.4, -0.2) is 38.0 Å². The molecular formula is C18H20N2O4S. The topological polar surface area (TPSA) is 75.7 Å². The zero-order valence-corrected chi connectivity index (χ0v) is 14.7. The molecule has 2 aromatic rings. The van der Waals surface area contributed by atoms with Gasteiger partial charge in [0.1, 0.15) is 5.75 Å². The quantitative estimate of drug-likeness (QED) is 0.735. The molecule has 0 unspecified atom stereocenters. The lowest BCUT2D eigenvalue weighted by Gasteiger charge is -2.18. The Morgan fingerprint density at radius 1 is 1.16 bits per heavy atom. The van der Waals surface area contributed by atoms with Crippen molar-refractivity contribution in [3.8, 4) is 11.5 Å². The van der Waals surface area contributed by atoms with Gasteiger partial charge < -0.3 is 10.1 Å². The van der Waals surface area contributed by atoms with Crippen LogP contribution in [0.3, 0.4) is 0 Å². The summed E-state index contributed by atoms with van der Waals surface area (Å²) in [5.74, 6) is 0.640. The van der Waals surface area contributed by atoms with Crippen LogP contribution in [0.25, 0.3) is 0 Å². The lowest BCUT2D eigenvalue weighted by Crippen LogP contribution is -2.37. The normalized spacial score (nSPS) is 11.1. The van der Waals surface area contributed by atoms with Crippen LogP contribution in [0.2, 0.25) is 0 Å². The summed E-state index contributed by atoms with van der Waals surface area (Å²) >= 11 is 0. The highest BCUT2D eigenvalue weighted by Crippen LogP contribution is 2.29. The molecule has 0 aliphatic heterocycles. The number of hydrogen-bond acceptors (Lipinski definition) is 4. The average Bonchev–Trinajstić information content (AvgIpc) is 2.56. The number of hydrogen-bond donors (Lipinski definition) is 1. The largest absolute Gasteiger partial charge is 0.455 e. The molecule has 7 heteroatoms. The molecule has 25 heavy (non-hydrogen) atoms. The summed E-state index contributed by atoms with van der Waals surface area (Å²) in [7, 11) is -3.50. The molecule has 132 valence electrons. The number of anilines is 1. The molecular weight excluding hydrogens is 340 g/mol. The van der Waals surface area contributed by atoms with Crippen LogP contribution < -0.4 is 10.1 Å². The van der Waals surface area contributed by atoms with Gasteiger partial charge in [0.05, 0.1) is 18.5 Å². The van der Waals surface area contributed by atoms with Crippen LogP contribution >= 0.6 is 0 Å². The molecule has 0 saturated heterocycles. The van der Waals surface area contributed by atoms with Crippen molar-refractivity contribution in [1.29, 1.82) is 0 Å². The predicted molar refractivity (Wildman–Crippen MR) is 98.2 cm³/mol. The van der Waals surface area contributed by atoms with E-state index in [1.807, 2.05) is 18.2 Å². The number of carbonyl (C=O) groups excluding carboxylic acids is 1. The van der Waals surface area contributed by atoms with Crippen molar-refractivity contribution in [1.82, 2.24) is 4.31 Å². The maximum absolute atomic E-state index is 12.2. The maximum Gasteiger partial charge on any atom is 0.239 e. The first kappa shape index (κ1) is 18.7. The van der Waals surface area contributed by atoms with Gasteiger partial charge >= 0.3 is 0 Å². The van der Waals surface area contributed by atoms with Crippen LogP contribution in [0, 0.1) is 0 Å². The molecule has 0 bridgehead atoms. The maximum atomic E-state index is 12.2. The molecule has 0 spiro atoms. The molecule has 0 aliphatic carbocycles. The van der Waals surface area contributed by atoms with Crippen molar-refractivity contribution < 1.29 is 17.9 Å². The fraction of sp³-hybridized carbons (Fsp3) is 0.167. The molecule has 1 N–H and O–H groups in total. The number of ether oxygens (including phenoxy) is 1. The smallest absolute Gasteiger partial charge is 0.239 e. The number of amides is 1. The zero-order valence-electron chi connectivity index (χ0n) is 13.9. The Morgan fingerprint density at radius 2 is 1.80 bits per heavy atom. The first-order chi connectivity index (χ1) is 11.9. The van der Waals surface area contributed by atoms with Gasteiger partial charge in [0.2, 0.25) is 15.9 Å². The van der Waals surface area contributed by atoms with E-state index in [0.717, 1.165) is 10.6 Å². The van der Waals surface area contributed by atoms with E-state index in [1.54, 1.807) is 36.4 Å². The fourth-order valence-corrected chi connectivity index (χ4v) is 2.81. The Hall–Kier alpha value is -2.64. The molecule has 1 amide bonds. The monoisotopic (exact) mass is 360 g/mol. The van der Waals surface area contributed by atoms with Gasteiger partial charge in [-0.15, -0.1) is 6.58 Å². The van der Waals surface area contributed by atoms with Gasteiger partial charge in [-0.1, -0.05) is 36.4 Å². The van der Waals surface area contributed by atoms with E-state index in [2.05, 4.69) is 11.9 Å². The predicted octanol–water partition coefficient (Wildman–Crippen LogP) is 2.87. The van der Waals surface area contributed by atoms with Crippen LogP contribution in [0.15, 0.2) is 67.3 Å². The van der Waals surface area contributed by atoms with Gasteiger partial charge in [0, 0.05) is 6.54 Å². The number of benzene rings is 2. The number of para-hydroxylation sites is 3. The second-order valence-corrected chi connectivity index (χ2v) is 7.29. The first-order valence-corrected chi connectivity index (χ1v) is 9.43. The van der Waals surface area contributed by atoms with Crippen molar-refractivity contribution in [3.63, 3.8) is 0 Å². The van der Waals surface area contributed by atoms with E-state index in [1.165, 1.54) is 6.08 Å². The molecule has 0 aliphatic rings. The Morgan fingerprint density at radius 3 is 2.44 bits per heavy atom. The van der Waals surface area contributed by atoms with Crippen molar-refractivity contribution >= 4 is 21.6 Å². The van der Waals surface area contributed by atoms with Crippen LogP contribution in [0.1, 0.15) is 0 Å². The highest BCUT2D eigenvalue weighted by Gasteiger charge is 2.19. The summed E-state index contributed by atoms with van der Waals surface area (Å²) in [6, 6.07) is 16.1. The van der Waals surface area contributed by atoms with Crippen LogP contribution in [0.4, 0.5) is 5.69 Å². The van der Waals surface area contributed by atoms with Crippen molar-refractivity contribution in [2.75, 3.05) is 24.7 Å². The molecule has 2 aromatic carbocycles. The molecule has 0 aromatic heterocycles. The zero-order chi connectivity index (χ0) is 18.3. The summed E-state index contributed by atoms with van der Waals surface area (Å²) in [6.07, 6.45) is 2.48. The Bertz CT molecular complexity index is 835. The molecule has 0 atom stereocenters. The minimum Gasteiger partial charge on any atom is -0.455 e. The minimum absolute atomic E-state index is 0.0639. The molecule has 0 saturated carbocycles. The minimum atomic E-state index is -3.50. The summed E-state index contributed by atoms with van der Waals surface area (Å²) in [5, 5.41) is 2.69. The molecule has 0 heterocycles. The highest BCUT2D eigenvalue weighted by atomic mass is 32.2. The van der Waals surface area contributed by atoms with E-state index >= 15 is 0 Å². The molecule has 6 nitrogen and oxygen atoms in total. The fourth-order valence-electron chi connectivity index (χ4n) is 2.09. The molecule has 0 radical (unpaired) electrons. The van der Waals surface area contributed by atoms with E-state index in [4.69, 9.17) is 4.74 Å². The molecule has 2 rings (SSSR count). The highest BCUT2D eigenvalue weighted by molar-refractivity contribution is 7.88. The third-order valence-corrected chi connectivity index (χ3v) is 4.47. The standard InChI is InChI=1S/C18H20N2O4S/c1-3-13-20(25(2,22)23)14-18(21)19-16-11-7-8-12-17(16)24-15-9-5-4-6-10-15/h3-12H,1,13-14H2,2H3,(H,19,21). The van der Waals surface area contributed by atoms with E-state index in [-0.39, 0.29) is 13.1 Å². The summed E-state index contributed by atoms with van der Waals surface area (Å²) in [4.78, 5) is 12.2. The van der Waals surface area contributed by atoms with Crippen molar-refractivity contribution in [2.24, 2.45) is 0 Å². The average molecular weight is 360 g/mol. The van der Waals surface area contributed by atoms with E-state index in [0.29, 0.717) is 17.2 Å². The van der Waals surface area contributed by atoms with Crippen molar-refractivity contribution in [2.45, 2.75) is 0 Å². The van der Waals surface area contributed by atoms with Gasteiger partial charge in [0.25, 0.3) is 0 Å². The van der Waals surface area contributed by atoms with Gasteiger partial charge in [0.15, 0.2) is 5.75 Å². The Balaban J connectivity index is 2.12. The summed E-state index contributed by atoms with van der Waals surface area (Å²) < 4.78 is 30.2. The summed E-state index contributed by atoms with van der Waals surface area (Å²) in [6.45, 7) is 3.27. The second kappa shape index (κ2) is 8.46. The van der Waals surface area contributed by atoms with Gasteiger partial charge in [-0.05, 0) is 24.3 Å². The Kier molecular flexibility index (Phi) is 6.32. The van der Waals surface area contributed by atoms with E-state index < -0.39 is 15.9 Å². The molecule has 0 fully saturated rings. The van der Waals surface area contributed by atoms with Gasteiger partial charge in [-0.25, -0.2) is 8.42 Å². The lowest BCUT2D eigenvalue weighted by atomic mass is 10.3.